The van der Waals surface area contributed by atoms with Crippen LogP contribution in [0.25, 0.3) is 0 Å². The van der Waals surface area contributed by atoms with Crippen molar-refractivity contribution in [3.8, 4) is 0 Å². The van der Waals surface area contributed by atoms with E-state index in [0.717, 1.165) is 43.5 Å². The lowest BCUT2D eigenvalue weighted by atomic mass is 10.1. The minimum Gasteiger partial charge on any atom is -0.350 e. The molecule has 1 unspecified atom stereocenters. The average molecular weight is 469 g/mol. The largest absolute Gasteiger partial charge is 0.350 e. The lowest BCUT2D eigenvalue weighted by Crippen LogP contribution is -2.49. The van der Waals surface area contributed by atoms with E-state index in [4.69, 9.17) is 0 Å². The maximum Gasteiger partial charge on any atom is 0.315 e. The Morgan fingerprint density at radius 1 is 0.882 bits per heavy atom. The molecule has 0 spiro atoms. The van der Waals surface area contributed by atoms with E-state index in [2.05, 4.69) is 16.0 Å². The molecule has 4 amide bonds. The van der Waals surface area contributed by atoms with Gasteiger partial charge < -0.3 is 20.9 Å². The Morgan fingerprint density at radius 3 is 2.09 bits per heavy atom. The summed E-state index contributed by atoms with van der Waals surface area (Å²) in [6.07, 6.45) is 4.50. The minimum absolute atomic E-state index is 0.0501. The highest BCUT2D eigenvalue weighted by Crippen LogP contribution is 2.14. The van der Waals surface area contributed by atoms with Gasteiger partial charge in [-0.05, 0) is 61.1 Å². The monoisotopic (exact) mass is 468 g/mol. The molecule has 0 aromatic heterocycles. The van der Waals surface area contributed by atoms with Gasteiger partial charge in [0.1, 0.15) is 11.9 Å². The third kappa shape index (κ3) is 7.57. The van der Waals surface area contributed by atoms with Crippen molar-refractivity contribution in [1.82, 2.24) is 20.9 Å². The van der Waals surface area contributed by atoms with Crippen molar-refractivity contribution in [1.29, 1.82) is 0 Å². The number of rotatable bonds is 9. The molecular weight excluding hydrogens is 435 g/mol. The van der Waals surface area contributed by atoms with Gasteiger partial charge in [0, 0.05) is 31.7 Å². The molecule has 1 heterocycles. The number of nitrogens with zero attached hydrogens (tertiary/aromatic N) is 1. The summed E-state index contributed by atoms with van der Waals surface area (Å²) in [4.78, 5) is 39.4. The number of halogens is 1. The van der Waals surface area contributed by atoms with Crippen LogP contribution in [0.5, 0.6) is 0 Å². The molecule has 34 heavy (non-hydrogen) atoms. The summed E-state index contributed by atoms with van der Waals surface area (Å²) in [7, 11) is 0. The van der Waals surface area contributed by atoms with E-state index >= 15 is 0 Å². The van der Waals surface area contributed by atoms with E-state index in [-0.39, 0.29) is 24.2 Å². The molecule has 0 radical (unpaired) electrons. The van der Waals surface area contributed by atoms with Gasteiger partial charge in [0.05, 0.1) is 0 Å². The number of hydrogen-bond acceptors (Lipinski definition) is 3. The van der Waals surface area contributed by atoms with Crippen LogP contribution in [-0.4, -0.2) is 41.9 Å². The van der Waals surface area contributed by atoms with Crippen LogP contribution in [0.3, 0.4) is 0 Å². The van der Waals surface area contributed by atoms with Crippen LogP contribution in [0.15, 0.2) is 48.5 Å². The Hall–Kier alpha value is -3.42. The summed E-state index contributed by atoms with van der Waals surface area (Å²) in [5.41, 5.74) is 2.29. The lowest BCUT2D eigenvalue weighted by molar-refractivity contribution is -0.123. The Kier molecular flexibility index (Phi) is 9.43. The number of carbonyl (C=O) groups is 3. The second-order valence-corrected chi connectivity index (χ2v) is 8.56. The van der Waals surface area contributed by atoms with Gasteiger partial charge >= 0.3 is 6.03 Å². The van der Waals surface area contributed by atoms with Crippen LogP contribution < -0.4 is 16.0 Å². The van der Waals surface area contributed by atoms with Crippen molar-refractivity contribution in [2.75, 3.05) is 13.1 Å². The van der Waals surface area contributed by atoms with E-state index < -0.39 is 12.1 Å². The van der Waals surface area contributed by atoms with Crippen LogP contribution in [0.2, 0.25) is 0 Å². The highest BCUT2D eigenvalue weighted by atomic mass is 19.1. The van der Waals surface area contributed by atoms with Gasteiger partial charge in [0.25, 0.3) is 5.91 Å². The Labute approximate surface area is 200 Å². The maximum atomic E-state index is 13.0. The quantitative estimate of drug-likeness (QED) is 0.524. The zero-order valence-corrected chi connectivity index (χ0v) is 19.6. The number of piperidine rings is 1. The summed E-state index contributed by atoms with van der Waals surface area (Å²) >= 11 is 0. The molecule has 3 rings (SSSR count). The zero-order valence-electron chi connectivity index (χ0n) is 19.6. The van der Waals surface area contributed by atoms with Crippen molar-refractivity contribution in [3.05, 3.63) is 71.0 Å². The third-order valence-corrected chi connectivity index (χ3v) is 5.88. The Balaban J connectivity index is 1.47. The Bertz CT molecular complexity index is 957. The van der Waals surface area contributed by atoms with Crippen LogP contribution in [-0.2, 0) is 17.9 Å². The molecule has 0 bridgehead atoms. The first-order valence-corrected chi connectivity index (χ1v) is 11.9. The predicted molar refractivity (Wildman–Crippen MR) is 129 cm³/mol. The molecule has 0 saturated carbocycles. The number of urea groups is 1. The molecule has 0 aliphatic carbocycles. The summed E-state index contributed by atoms with van der Waals surface area (Å²) in [6, 6.07) is 12.0. The van der Waals surface area contributed by atoms with Crippen molar-refractivity contribution >= 4 is 17.8 Å². The van der Waals surface area contributed by atoms with Gasteiger partial charge in [-0.2, -0.15) is 0 Å². The van der Waals surface area contributed by atoms with Gasteiger partial charge in [0.2, 0.25) is 5.91 Å². The predicted octanol–water partition coefficient (Wildman–Crippen LogP) is 3.74. The first-order valence-electron chi connectivity index (χ1n) is 11.9. The normalized spacial score (nSPS) is 14.2. The van der Waals surface area contributed by atoms with E-state index in [1.807, 2.05) is 24.0 Å². The first kappa shape index (κ1) is 25.2. The van der Waals surface area contributed by atoms with E-state index in [1.165, 1.54) is 18.6 Å². The molecule has 1 atom stereocenters. The third-order valence-electron chi connectivity index (χ3n) is 5.88. The molecule has 7 nitrogen and oxygen atoms in total. The lowest BCUT2D eigenvalue weighted by Gasteiger charge is -2.26. The Morgan fingerprint density at radius 2 is 1.47 bits per heavy atom. The number of amides is 4. The van der Waals surface area contributed by atoms with Gasteiger partial charge in [0.15, 0.2) is 0 Å². The van der Waals surface area contributed by atoms with Gasteiger partial charge in [-0.15, -0.1) is 0 Å². The standard InChI is InChI=1S/C26H33FN4O3/c1-2-6-23(30-26(34)29-18-20-9-13-22(27)14-10-20)24(32)28-17-19-7-11-21(12-8-19)25(33)31-15-4-3-5-16-31/h7-14,23H,2-6,15-18H2,1H3,(H,28,32)(H2,29,30,34). The second-order valence-electron chi connectivity index (χ2n) is 8.56. The highest BCUT2D eigenvalue weighted by molar-refractivity contribution is 5.94. The molecule has 1 aliphatic rings. The van der Waals surface area contributed by atoms with Crippen molar-refractivity contribution < 1.29 is 18.8 Å². The van der Waals surface area contributed by atoms with Gasteiger partial charge in [-0.3, -0.25) is 9.59 Å². The molecule has 8 heteroatoms. The van der Waals surface area contributed by atoms with Crippen molar-refractivity contribution in [2.45, 2.75) is 58.2 Å². The van der Waals surface area contributed by atoms with E-state index in [0.29, 0.717) is 18.5 Å². The van der Waals surface area contributed by atoms with Crippen molar-refractivity contribution in [3.63, 3.8) is 0 Å². The minimum atomic E-state index is -0.668. The molecule has 1 aliphatic heterocycles. The smallest absolute Gasteiger partial charge is 0.315 e. The van der Waals surface area contributed by atoms with Crippen LogP contribution in [0.1, 0.15) is 60.5 Å². The second kappa shape index (κ2) is 12.7. The van der Waals surface area contributed by atoms with Crippen LogP contribution >= 0.6 is 0 Å². The summed E-state index contributed by atoms with van der Waals surface area (Å²) in [6.45, 7) is 4.08. The summed E-state index contributed by atoms with van der Waals surface area (Å²) in [5.74, 6) is -0.558. The van der Waals surface area contributed by atoms with E-state index in [9.17, 15) is 18.8 Å². The molecule has 1 saturated heterocycles. The summed E-state index contributed by atoms with van der Waals surface area (Å²) < 4.78 is 13.0. The average Bonchev–Trinajstić information content (AvgIpc) is 2.87. The van der Waals surface area contributed by atoms with Crippen LogP contribution in [0.4, 0.5) is 9.18 Å². The highest BCUT2D eigenvalue weighted by Gasteiger charge is 2.20. The molecular formula is C26H33FN4O3. The molecule has 2 aromatic rings. The van der Waals surface area contributed by atoms with Crippen molar-refractivity contribution in [2.24, 2.45) is 0 Å². The molecule has 182 valence electrons. The SMILES string of the molecule is CCCC(NC(=O)NCc1ccc(F)cc1)C(=O)NCc1ccc(C(=O)N2CCCCC2)cc1. The van der Waals surface area contributed by atoms with Gasteiger partial charge in [-0.25, -0.2) is 9.18 Å². The number of hydrogen-bond donors (Lipinski definition) is 3. The first-order chi connectivity index (χ1) is 16.5. The topological polar surface area (TPSA) is 90.5 Å². The number of likely N-dealkylation sites (tertiary alicyclic amines) is 1. The number of benzene rings is 2. The number of carbonyl (C=O) groups excluding carboxylic acids is 3. The van der Waals surface area contributed by atoms with E-state index in [1.54, 1.807) is 24.3 Å². The molecule has 2 aromatic carbocycles. The number of nitrogens with one attached hydrogen (secondary N) is 3. The fraction of sp³-hybridized carbons (Fsp3) is 0.423. The maximum absolute atomic E-state index is 13.0. The summed E-state index contributed by atoms with van der Waals surface area (Å²) in [5, 5.41) is 8.26. The van der Waals surface area contributed by atoms with Crippen LogP contribution in [0, 0.1) is 5.82 Å². The van der Waals surface area contributed by atoms with Gasteiger partial charge in [-0.1, -0.05) is 37.6 Å². The fourth-order valence-electron chi connectivity index (χ4n) is 3.91. The fourth-order valence-corrected chi connectivity index (χ4v) is 3.91. The zero-order chi connectivity index (χ0) is 24.3. The molecule has 3 N–H and O–H groups in total. The molecule has 1 fully saturated rings.